The second kappa shape index (κ2) is 7.85. The first-order valence-corrected chi connectivity index (χ1v) is 10.3. The Labute approximate surface area is 180 Å². The second-order valence-corrected chi connectivity index (χ2v) is 8.31. The number of piperidine rings is 1. The van der Waals surface area contributed by atoms with Gasteiger partial charge in [0.25, 0.3) is 5.91 Å². The molecule has 2 aromatic heterocycles. The molecule has 12 heteroatoms. The predicted octanol–water partition coefficient (Wildman–Crippen LogP) is 3.54. The Hall–Kier alpha value is -2.56. The molecule has 1 spiro atoms. The van der Waals surface area contributed by atoms with Gasteiger partial charge in [0.1, 0.15) is 10.8 Å². The summed E-state index contributed by atoms with van der Waals surface area (Å²) in [4.78, 5) is 32.7. The standard InChI is InChI=1S/C19H21ClF3N5O3/c1-12(19(21,22)23)31-17(30)26-9-6-18(7-10-26)5-2-8-27(18)16(29)13-11-28-15(24-13)4-3-14(20)25-28/h3-4,11-12H,2,5-10H2,1H3. The zero-order valence-electron chi connectivity index (χ0n) is 16.7. The molecule has 1 atom stereocenters. The first-order chi connectivity index (χ1) is 14.6. The lowest BCUT2D eigenvalue weighted by Gasteiger charge is -2.44. The molecule has 0 saturated carbocycles. The summed E-state index contributed by atoms with van der Waals surface area (Å²) >= 11 is 5.89. The van der Waals surface area contributed by atoms with E-state index in [0.29, 0.717) is 25.0 Å². The van der Waals surface area contributed by atoms with Crippen molar-refractivity contribution in [1.82, 2.24) is 24.4 Å². The molecule has 0 radical (unpaired) electrons. The van der Waals surface area contributed by atoms with E-state index < -0.39 is 23.9 Å². The highest BCUT2D eigenvalue weighted by atomic mass is 35.5. The Morgan fingerprint density at radius 3 is 2.58 bits per heavy atom. The fourth-order valence-corrected chi connectivity index (χ4v) is 4.42. The van der Waals surface area contributed by atoms with E-state index in [1.165, 1.54) is 15.6 Å². The van der Waals surface area contributed by atoms with Crippen LogP contribution in [-0.4, -0.2) is 73.9 Å². The quantitative estimate of drug-likeness (QED) is 0.686. The van der Waals surface area contributed by atoms with E-state index in [0.717, 1.165) is 19.8 Å². The van der Waals surface area contributed by atoms with E-state index in [2.05, 4.69) is 14.8 Å². The average Bonchev–Trinajstić information content (AvgIpc) is 3.31. The number of carbonyl (C=O) groups is 2. The predicted molar refractivity (Wildman–Crippen MR) is 104 cm³/mol. The minimum atomic E-state index is -4.60. The second-order valence-electron chi connectivity index (χ2n) is 7.92. The topological polar surface area (TPSA) is 80.0 Å². The molecular weight excluding hydrogens is 439 g/mol. The van der Waals surface area contributed by atoms with Gasteiger partial charge in [-0.2, -0.15) is 18.3 Å². The van der Waals surface area contributed by atoms with E-state index in [1.54, 1.807) is 17.0 Å². The van der Waals surface area contributed by atoms with E-state index in [9.17, 15) is 22.8 Å². The molecule has 2 saturated heterocycles. The minimum Gasteiger partial charge on any atom is -0.437 e. The highest BCUT2D eigenvalue weighted by Crippen LogP contribution is 2.39. The smallest absolute Gasteiger partial charge is 0.425 e. The molecule has 8 nitrogen and oxygen atoms in total. The summed E-state index contributed by atoms with van der Waals surface area (Å²) in [7, 11) is 0. The van der Waals surface area contributed by atoms with Crippen molar-refractivity contribution in [2.24, 2.45) is 0 Å². The van der Waals surface area contributed by atoms with Crippen molar-refractivity contribution >= 4 is 29.2 Å². The first kappa shape index (κ1) is 21.7. The van der Waals surface area contributed by atoms with Gasteiger partial charge in [-0.05, 0) is 44.7 Å². The molecule has 0 aliphatic carbocycles. The van der Waals surface area contributed by atoms with Crippen molar-refractivity contribution in [3.8, 4) is 0 Å². The number of likely N-dealkylation sites (tertiary alicyclic amines) is 2. The van der Waals surface area contributed by atoms with Crippen molar-refractivity contribution in [3.63, 3.8) is 0 Å². The van der Waals surface area contributed by atoms with Gasteiger partial charge in [0.05, 0.1) is 6.20 Å². The molecule has 0 N–H and O–H groups in total. The lowest BCUT2D eigenvalue weighted by Crippen LogP contribution is -2.55. The summed E-state index contributed by atoms with van der Waals surface area (Å²) in [6.07, 6.45) is -3.74. The first-order valence-electron chi connectivity index (χ1n) is 9.95. The fourth-order valence-electron chi connectivity index (χ4n) is 4.27. The molecule has 4 heterocycles. The van der Waals surface area contributed by atoms with Crippen LogP contribution in [-0.2, 0) is 4.74 Å². The molecule has 0 bridgehead atoms. The number of hydrogen-bond acceptors (Lipinski definition) is 5. The SMILES string of the molecule is CC(OC(=O)N1CCC2(CCCN2C(=O)c2cn3nc(Cl)ccc3n2)CC1)C(F)(F)F. The van der Waals surface area contributed by atoms with Gasteiger partial charge in [-0.15, -0.1) is 0 Å². The summed E-state index contributed by atoms with van der Waals surface area (Å²) in [5.41, 5.74) is 0.291. The summed E-state index contributed by atoms with van der Waals surface area (Å²) in [5, 5.41) is 4.37. The van der Waals surface area contributed by atoms with Crippen LogP contribution in [0.2, 0.25) is 5.15 Å². The van der Waals surface area contributed by atoms with E-state index in [-0.39, 0.29) is 29.8 Å². The Kier molecular flexibility index (Phi) is 5.48. The average molecular weight is 460 g/mol. The van der Waals surface area contributed by atoms with Crippen molar-refractivity contribution < 1.29 is 27.5 Å². The Morgan fingerprint density at radius 1 is 1.19 bits per heavy atom. The van der Waals surface area contributed by atoms with Crippen LogP contribution in [0, 0.1) is 0 Å². The molecule has 168 valence electrons. The Balaban J connectivity index is 1.44. The van der Waals surface area contributed by atoms with Gasteiger partial charge in [-0.1, -0.05) is 11.6 Å². The molecule has 2 amide bonds. The highest BCUT2D eigenvalue weighted by Gasteiger charge is 2.47. The van der Waals surface area contributed by atoms with Gasteiger partial charge >= 0.3 is 12.3 Å². The number of carbonyl (C=O) groups excluding carboxylic acids is 2. The molecular formula is C19H21ClF3N5O3. The molecule has 2 aliphatic heterocycles. The van der Waals surface area contributed by atoms with E-state index in [1.807, 2.05) is 0 Å². The zero-order valence-corrected chi connectivity index (χ0v) is 17.5. The van der Waals surface area contributed by atoms with Gasteiger partial charge in [-0.25, -0.2) is 14.3 Å². The van der Waals surface area contributed by atoms with Crippen LogP contribution >= 0.6 is 11.6 Å². The van der Waals surface area contributed by atoms with Crippen molar-refractivity contribution in [3.05, 3.63) is 29.2 Å². The Bertz CT molecular complexity index is 1000. The molecule has 0 aromatic carbocycles. The molecule has 2 aliphatic rings. The summed E-state index contributed by atoms with van der Waals surface area (Å²) in [6.45, 7) is 1.79. The van der Waals surface area contributed by atoms with Crippen LogP contribution in [0.4, 0.5) is 18.0 Å². The lowest BCUT2D eigenvalue weighted by atomic mass is 9.85. The number of nitrogens with zero attached hydrogens (tertiary/aromatic N) is 5. The van der Waals surface area contributed by atoms with E-state index >= 15 is 0 Å². The Morgan fingerprint density at radius 2 is 1.90 bits per heavy atom. The lowest BCUT2D eigenvalue weighted by molar-refractivity contribution is -0.200. The summed E-state index contributed by atoms with van der Waals surface area (Å²) in [6, 6.07) is 3.25. The monoisotopic (exact) mass is 459 g/mol. The van der Waals surface area contributed by atoms with Crippen LogP contribution in [0.25, 0.3) is 5.65 Å². The van der Waals surface area contributed by atoms with Gasteiger partial charge in [0, 0.05) is 25.2 Å². The van der Waals surface area contributed by atoms with Crippen LogP contribution in [0.3, 0.4) is 0 Å². The number of imidazole rings is 1. The van der Waals surface area contributed by atoms with Crippen LogP contribution in [0.1, 0.15) is 43.1 Å². The van der Waals surface area contributed by atoms with Crippen LogP contribution in [0.15, 0.2) is 18.3 Å². The van der Waals surface area contributed by atoms with Crippen LogP contribution < -0.4 is 0 Å². The number of rotatable bonds is 2. The number of ether oxygens (including phenoxy) is 1. The maximum absolute atomic E-state index is 13.2. The number of amides is 2. The third-order valence-electron chi connectivity index (χ3n) is 6.04. The van der Waals surface area contributed by atoms with Crippen molar-refractivity contribution in [2.45, 2.75) is 50.4 Å². The minimum absolute atomic E-state index is 0.218. The van der Waals surface area contributed by atoms with Gasteiger partial charge in [-0.3, -0.25) is 4.79 Å². The number of aromatic nitrogens is 3. The van der Waals surface area contributed by atoms with Gasteiger partial charge in [0.15, 0.2) is 11.8 Å². The number of hydrogen-bond donors (Lipinski definition) is 0. The van der Waals surface area contributed by atoms with Crippen molar-refractivity contribution in [2.75, 3.05) is 19.6 Å². The third kappa shape index (κ3) is 4.15. The summed E-state index contributed by atoms with van der Waals surface area (Å²) in [5.74, 6) is -0.235. The zero-order chi connectivity index (χ0) is 22.4. The molecule has 2 fully saturated rings. The number of fused-ring (bicyclic) bond motifs is 1. The van der Waals surface area contributed by atoms with Gasteiger partial charge in [0.2, 0.25) is 0 Å². The largest absolute Gasteiger partial charge is 0.437 e. The normalized spacial score (nSPS) is 19.8. The third-order valence-corrected chi connectivity index (χ3v) is 6.24. The van der Waals surface area contributed by atoms with Crippen molar-refractivity contribution in [1.29, 1.82) is 0 Å². The molecule has 31 heavy (non-hydrogen) atoms. The summed E-state index contributed by atoms with van der Waals surface area (Å²) < 4.78 is 44.0. The maximum Gasteiger partial charge on any atom is 0.425 e. The number of halogens is 4. The molecule has 1 unspecified atom stereocenters. The number of alkyl halides is 3. The van der Waals surface area contributed by atoms with Crippen LogP contribution in [0.5, 0.6) is 0 Å². The molecule has 4 rings (SSSR count). The van der Waals surface area contributed by atoms with E-state index in [4.69, 9.17) is 11.6 Å². The molecule has 2 aromatic rings. The van der Waals surface area contributed by atoms with Gasteiger partial charge < -0.3 is 14.5 Å². The maximum atomic E-state index is 13.2. The highest BCUT2D eigenvalue weighted by molar-refractivity contribution is 6.29. The fraction of sp³-hybridized carbons (Fsp3) is 0.579.